The van der Waals surface area contributed by atoms with Gasteiger partial charge in [0.25, 0.3) is 0 Å². The molecule has 3 nitrogen and oxygen atoms in total. The van der Waals surface area contributed by atoms with Gasteiger partial charge in [0, 0.05) is 0 Å². The zero-order valence-electron chi connectivity index (χ0n) is 9.36. The average Bonchev–Trinajstić information content (AvgIpc) is 2.26. The van der Waals surface area contributed by atoms with Crippen molar-refractivity contribution in [3.63, 3.8) is 0 Å². The first-order valence-electron chi connectivity index (χ1n) is 5.30. The number of para-hydroxylation sites is 1. The Bertz CT molecular complexity index is 289. The molecule has 1 unspecified atom stereocenters. The summed E-state index contributed by atoms with van der Waals surface area (Å²) < 4.78 is 5.62. The van der Waals surface area contributed by atoms with Gasteiger partial charge in [-0.1, -0.05) is 25.1 Å². The van der Waals surface area contributed by atoms with E-state index in [-0.39, 0.29) is 12.6 Å². The molecule has 0 fully saturated rings. The molecule has 0 spiro atoms. The number of aliphatic hydroxyl groups excluding tert-OH is 1. The first kappa shape index (κ1) is 12.0. The quantitative estimate of drug-likeness (QED) is 0.743. The van der Waals surface area contributed by atoms with Gasteiger partial charge in [-0.25, -0.2) is 0 Å². The van der Waals surface area contributed by atoms with Crippen LogP contribution < -0.4 is 10.1 Å². The van der Waals surface area contributed by atoms with Crippen molar-refractivity contribution in [3.8, 4) is 5.75 Å². The molecular weight excluding hydrogens is 190 g/mol. The molecule has 15 heavy (non-hydrogen) atoms. The van der Waals surface area contributed by atoms with Gasteiger partial charge in [0.2, 0.25) is 0 Å². The molecular formula is C12H19NO2. The summed E-state index contributed by atoms with van der Waals surface area (Å²) in [6.07, 6.45) is 0. The summed E-state index contributed by atoms with van der Waals surface area (Å²) in [5.74, 6) is 0.883. The maximum Gasteiger partial charge on any atom is 0.122 e. The number of likely N-dealkylation sites (N-methyl/N-ethyl adjacent to an activating group) is 1. The molecule has 1 rings (SSSR count). The summed E-state index contributed by atoms with van der Waals surface area (Å²) in [6, 6.07) is 7.89. The minimum absolute atomic E-state index is 0.00889. The smallest absolute Gasteiger partial charge is 0.122 e. The Hall–Kier alpha value is -1.06. The number of benzene rings is 1. The third-order valence-electron chi connectivity index (χ3n) is 2.25. The van der Waals surface area contributed by atoms with Gasteiger partial charge < -0.3 is 15.2 Å². The van der Waals surface area contributed by atoms with E-state index in [1.165, 1.54) is 0 Å². The zero-order chi connectivity index (χ0) is 11.1. The summed E-state index contributed by atoms with van der Waals surface area (Å²) in [4.78, 5) is 0. The van der Waals surface area contributed by atoms with E-state index in [4.69, 9.17) is 9.84 Å². The van der Waals surface area contributed by atoms with Crippen molar-refractivity contribution < 1.29 is 9.84 Å². The average molecular weight is 209 g/mol. The van der Waals surface area contributed by atoms with Crippen LogP contribution in [-0.4, -0.2) is 30.9 Å². The van der Waals surface area contributed by atoms with Gasteiger partial charge in [-0.3, -0.25) is 0 Å². The summed E-state index contributed by atoms with van der Waals surface area (Å²) in [7, 11) is 0. The Kier molecular flexibility index (Phi) is 5.15. The van der Waals surface area contributed by atoms with Crippen LogP contribution in [-0.2, 0) is 0 Å². The molecule has 2 N–H and O–H groups in total. The second kappa shape index (κ2) is 6.43. The summed E-state index contributed by atoms with van der Waals surface area (Å²) in [6.45, 7) is 5.45. The number of aliphatic hydroxyl groups is 1. The van der Waals surface area contributed by atoms with E-state index >= 15 is 0 Å². The topological polar surface area (TPSA) is 41.5 Å². The number of rotatable bonds is 6. The first-order chi connectivity index (χ1) is 7.27. The number of nitrogens with one attached hydrogen (secondary N) is 1. The molecule has 0 saturated carbocycles. The van der Waals surface area contributed by atoms with Gasteiger partial charge in [-0.2, -0.15) is 0 Å². The molecule has 0 aliphatic heterocycles. The minimum Gasteiger partial charge on any atom is -0.492 e. The van der Waals surface area contributed by atoms with E-state index in [0.717, 1.165) is 17.9 Å². The van der Waals surface area contributed by atoms with Gasteiger partial charge in [-0.05, 0) is 25.1 Å². The molecule has 3 heteroatoms. The molecule has 1 aromatic rings. The summed E-state index contributed by atoms with van der Waals surface area (Å²) in [5.41, 5.74) is 1.12. The third kappa shape index (κ3) is 3.90. The molecule has 0 aromatic heterocycles. The Balaban J connectivity index is 2.45. The maximum atomic E-state index is 9.06. The van der Waals surface area contributed by atoms with Crippen molar-refractivity contribution in [2.24, 2.45) is 0 Å². The molecule has 0 amide bonds. The molecule has 0 aliphatic carbocycles. The van der Waals surface area contributed by atoms with Crippen LogP contribution in [0.1, 0.15) is 12.5 Å². The number of aryl methyl sites for hydroxylation is 1. The van der Waals surface area contributed by atoms with Crippen LogP contribution in [0.15, 0.2) is 24.3 Å². The fourth-order valence-corrected chi connectivity index (χ4v) is 1.37. The van der Waals surface area contributed by atoms with E-state index in [0.29, 0.717) is 6.61 Å². The maximum absolute atomic E-state index is 9.06. The minimum atomic E-state index is 0.00889. The molecule has 1 aromatic carbocycles. The van der Waals surface area contributed by atoms with Crippen LogP contribution >= 0.6 is 0 Å². The summed E-state index contributed by atoms with van der Waals surface area (Å²) >= 11 is 0. The lowest BCUT2D eigenvalue weighted by molar-refractivity contribution is 0.184. The Morgan fingerprint density at radius 2 is 2.13 bits per heavy atom. The molecule has 0 radical (unpaired) electrons. The second-order valence-corrected chi connectivity index (χ2v) is 3.51. The van der Waals surface area contributed by atoms with Crippen molar-refractivity contribution in [1.29, 1.82) is 0 Å². The van der Waals surface area contributed by atoms with E-state index in [1.807, 2.05) is 38.1 Å². The van der Waals surface area contributed by atoms with Crippen molar-refractivity contribution in [1.82, 2.24) is 5.32 Å². The lowest BCUT2D eigenvalue weighted by atomic mass is 10.2. The molecule has 0 bridgehead atoms. The predicted molar refractivity (Wildman–Crippen MR) is 61.2 cm³/mol. The van der Waals surface area contributed by atoms with Crippen LogP contribution in [0, 0.1) is 6.92 Å². The third-order valence-corrected chi connectivity index (χ3v) is 2.25. The molecule has 1 atom stereocenters. The van der Waals surface area contributed by atoms with Crippen molar-refractivity contribution >= 4 is 0 Å². The van der Waals surface area contributed by atoms with Gasteiger partial charge in [-0.15, -0.1) is 0 Å². The van der Waals surface area contributed by atoms with E-state index in [1.54, 1.807) is 0 Å². The van der Waals surface area contributed by atoms with Gasteiger partial charge in [0.05, 0.1) is 12.6 Å². The fourth-order valence-electron chi connectivity index (χ4n) is 1.37. The lowest BCUT2D eigenvalue weighted by Crippen LogP contribution is -2.37. The Morgan fingerprint density at radius 3 is 2.73 bits per heavy atom. The number of hydrogen-bond acceptors (Lipinski definition) is 3. The summed E-state index contributed by atoms with van der Waals surface area (Å²) in [5, 5.41) is 12.2. The van der Waals surface area contributed by atoms with Crippen LogP contribution in [0.5, 0.6) is 5.75 Å². The Labute approximate surface area is 91.1 Å². The van der Waals surface area contributed by atoms with Crippen molar-refractivity contribution in [2.75, 3.05) is 19.8 Å². The second-order valence-electron chi connectivity index (χ2n) is 3.51. The van der Waals surface area contributed by atoms with Crippen LogP contribution in [0.2, 0.25) is 0 Å². The highest BCUT2D eigenvalue weighted by Crippen LogP contribution is 2.16. The van der Waals surface area contributed by atoms with Crippen molar-refractivity contribution in [2.45, 2.75) is 19.9 Å². The van der Waals surface area contributed by atoms with Gasteiger partial charge >= 0.3 is 0 Å². The van der Waals surface area contributed by atoms with Crippen molar-refractivity contribution in [3.05, 3.63) is 29.8 Å². The monoisotopic (exact) mass is 209 g/mol. The molecule has 84 valence electrons. The number of ether oxygens (including phenoxy) is 1. The highest BCUT2D eigenvalue weighted by molar-refractivity contribution is 5.31. The molecule has 0 aliphatic rings. The Morgan fingerprint density at radius 1 is 1.40 bits per heavy atom. The van der Waals surface area contributed by atoms with E-state index in [2.05, 4.69) is 5.32 Å². The first-order valence-corrected chi connectivity index (χ1v) is 5.30. The molecule has 0 saturated heterocycles. The normalized spacial score (nSPS) is 12.5. The van der Waals surface area contributed by atoms with E-state index < -0.39 is 0 Å². The predicted octanol–water partition coefficient (Wildman–Crippen LogP) is 1.34. The fraction of sp³-hybridized carbons (Fsp3) is 0.500. The van der Waals surface area contributed by atoms with Gasteiger partial charge in [0.15, 0.2) is 0 Å². The zero-order valence-corrected chi connectivity index (χ0v) is 9.36. The highest BCUT2D eigenvalue weighted by atomic mass is 16.5. The van der Waals surface area contributed by atoms with Gasteiger partial charge in [0.1, 0.15) is 12.4 Å². The lowest BCUT2D eigenvalue weighted by Gasteiger charge is -2.16. The van der Waals surface area contributed by atoms with Crippen LogP contribution in [0.3, 0.4) is 0 Å². The largest absolute Gasteiger partial charge is 0.492 e. The number of hydrogen-bond donors (Lipinski definition) is 2. The highest BCUT2D eigenvalue weighted by Gasteiger charge is 2.06. The standard InChI is InChI=1S/C12H19NO2/c1-3-13-11(8-14)9-15-12-7-5-4-6-10(12)2/h4-7,11,13-14H,3,8-9H2,1-2H3. The van der Waals surface area contributed by atoms with Crippen LogP contribution in [0.25, 0.3) is 0 Å². The SMILES string of the molecule is CCNC(CO)COc1ccccc1C. The molecule has 0 heterocycles. The van der Waals surface area contributed by atoms with Crippen LogP contribution in [0.4, 0.5) is 0 Å². The van der Waals surface area contributed by atoms with E-state index in [9.17, 15) is 0 Å².